The van der Waals surface area contributed by atoms with Crippen molar-refractivity contribution in [3.05, 3.63) is 108 Å². The van der Waals surface area contributed by atoms with Crippen LogP contribution in [0.4, 0.5) is 22.7 Å². The molecule has 0 saturated heterocycles. The van der Waals surface area contributed by atoms with E-state index >= 15 is 0 Å². The fourth-order valence-corrected chi connectivity index (χ4v) is 6.19. The van der Waals surface area contributed by atoms with E-state index in [1.807, 2.05) is 24.3 Å². The number of benzene rings is 4. The van der Waals surface area contributed by atoms with Crippen molar-refractivity contribution in [2.24, 2.45) is 20.0 Å². The minimum Gasteiger partial charge on any atom is -0.345 e. The molecule has 4 aliphatic rings. The lowest BCUT2D eigenvalue weighted by Crippen LogP contribution is -2.13. The second kappa shape index (κ2) is 9.01. The molecule has 8 heteroatoms. The number of nitrogens with one attached hydrogen (secondary N) is 2. The van der Waals surface area contributed by atoms with Gasteiger partial charge in [0.1, 0.15) is 0 Å². The fraction of sp³-hybridized carbons (Fsp3) is 0.118. The average molecular weight is 545 g/mol. The number of aromatic nitrogens is 4. The molecule has 0 radical (unpaired) electrons. The summed E-state index contributed by atoms with van der Waals surface area (Å²) >= 11 is 0. The smallest absolute Gasteiger partial charge is 0.0931 e. The lowest BCUT2D eigenvalue weighted by atomic mass is 10.0. The summed E-state index contributed by atoms with van der Waals surface area (Å²) in [5, 5.41) is 0. The number of aliphatic imine (C=N–C) groups is 4. The summed E-state index contributed by atoms with van der Waals surface area (Å²) in [5.41, 5.74) is 17.7. The summed E-state index contributed by atoms with van der Waals surface area (Å²) in [6, 6.07) is 25.0. The molecular weight excluding hydrogens is 520 g/mol. The van der Waals surface area contributed by atoms with Crippen molar-refractivity contribution in [2.45, 2.75) is 25.7 Å². The third kappa shape index (κ3) is 3.83. The number of nitrogens with zero attached hydrogens (tertiary/aromatic N) is 6. The van der Waals surface area contributed by atoms with Gasteiger partial charge >= 0.3 is 0 Å². The van der Waals surface area contributed by atoms with Crippen molar-refractivity contribution in [3.63, 3.8) is 0 Å². The Hall–Kier alpha value is -5.50. The molecule has 0 spiro atoms. The van der Waals surface area contributed by atoms with Gasteiger partial charge in [0.2, 0.25) is 0 Å². The molecular formula is C34H24N8. The van der Waals surface area contributed by atoms with Crippen molar-refractivity contribution < 1.29 is 0 Å². The van der Waals surface area contributed by atoms with Crippen LogP contribution in [0.1, 0.15) is 22.3 Å². The van der Waals surface area contributed by atoms with Crippen molar-refractivity contribution in [1.29, 1.82) is 0 Å². The first-order chi connectivity index (χ1) is 20.7. The molecule has 10 rings (SSSR count). The molecule has 4 aliphatic heterocycles. The van der Waals surface area contributed by atoms with Crippen LogP contribution >= 0.6 is 0 Å². The van der Waals surface area contributed by atoms with Crippen LogP contribution in [0.15, 0.2) is 105 Å². The lowest BCUT2D eigenvalue weighted by molar-refractivity contribution is 1.34. The highest BCUT2D eigenvalue weighted by Crippen LogP contribution is 2.35. The predicted molar refractivity (Wildman–Crippen MR) is 168 cm³/mol. The first-order valence-corrected chi connectivity index (χ1v) is 14.1. The van der Waals surface area contributed by atoms with Crippen LogP contribution < -0.4 is 0 Å². The van der Waals surface area contributed by atoms with Gasteiger partial charge in [-0.15, -0.1) is 0 Å². The number of H-pyrrole nitrogens is 2. The van der Waals surface area contributed by atoms with Crippen molar-refractivity contribution in [1.82, 2.24) is 19.9 Å². The summed E-state index contributed by atoms with van der Waals surface area (Å²) in [6.45, 7) is 0. The minimum atomic E-state index is 0.827. The zero-order chi connectivity index (χ0) is 27.6. The maximum Gasteiger partial charge on any atom is 0.0931 e. The number of para-hydroxylation sites is 2. The van der Waals surface area contributed by atoms with E-state index in [4.69, 9.17) is 20.0 Å². The highest BCUT2D eigenvalue weighted by Gasteiger charge is 2.25. The molecule has 200 valence electrons. The molecule has 4 aromatic carbocycles. The molecule has 8 nitrogen and oxygen atoms in total. The van der Waals surface area contributed by atoms with Gasteiger partial charge in [0, 0.05) is 25.7 Å². The second-order valence-corrected chi connectivity index (χ2v) is 11.0. The van der Waals surface area contributed by atoms with Crippen LogP contribution in [0.25, 0.3) is 22.1 Å². The van der Waals surface area contributed by atoms with Crippen LogP contribution in [0.5, 0.6) is 0 Å². The van der Waals surface area contributed by atoms with Gasteiger partial charge in [-0.25, -0.2) is 9.97 Å². The Morgan fingerprint density at radius 1 is 0.429 bits per heavy atom. The molecule has 0 saturated carbocycles. The zero-order valence-corrected chi connectivity index (χ0v) is 22.6. The van der Waals surface area contributed by atoms with Crippen molar-refractivity contribution in [2.75, 3.05) is 0 Å². The molecule has 2 N–H and O–H groups in total. The lowest BCUT2D eigenvalue weighted by Gasteiger charge is -1.98. The summed E-state index contributed by atoms with van der Waals surface area (Å²) in [5.74, 6) is 0. The SMILES string of the molecule is c1ccc2c(c1)CC(C1=Nc3ccccc3C1)=N2.c1nc2cc3c(cc2[nH]1)CC(C1=Nc2cc4nc[nH]c4cc2C1)=N3. The molecule has 42 heavy (non-hydrogen) atoms. The maximum atomic E-state index is 4.81. The summed E-state index contributed by atoms with van der Waals surface area (Å²) in [4.78, 5) is 34.0. The molecule has 2 aromatic heterocycles. The fourth-order valence-electron chi connectivity index (χ4n) is 6.19. The Kier molecular flexibility index (Phi) is 4.98. The quantitative estimate of drug-likeness (QED) is 0.244. The molecule has 0 aliphatic carbocycles. The normalized spacial score (nSPS) is 15.8. The molecule has 0 atom stereocenters. The summed E-state index contributed by atoms with van der Waals surface area (Å²) in [7, 11) is 0. The van der Waals surface area contributed by atoms with Crippen LogP contribution in [0.2, 0.25) is 0 Å². The van der Waals surface area contributed by atoms with Gasteiger partial charge in [0.15, 0.2) is 0 Å². The third-order valence-electron chi connectivity index (χ3n) is 8.34. The van der Waals surface area contributed by atoms with E-state index in [1.54, 1.807) is 12.7 Å². The predicted octanol–water partition coefficient (Wildman–Crippen LogP) is 7.04. The van der Waals surface area contributed by atoms with Gasteiger partial charge in [-0.2, -0.15) is 0 Å². The summed E-state index contributed by atoms with van der Waals surface area (Å²) < 4.78 is 0. The number of fused-ring (bicyclic) bond motifs is 6. The molecule has 0 fully saturated rings. The number of hydrogen-bond acceptors (Lipinski definition) is 6. The molecule has 0 bridgehead atoms. The van der Waals surface area contributed by atoms with Crippen molar-refractivity contribution >= 4 is 67.7 Å². The Balaban J connectivity index is 0.000000124. The topological polar surface area (TPSA) is 107 Å². The summed E-state index contributed by atoms with van der Waals surface area (Å²) in [6.07, 6.45) is 6.93. The van der Waals surface area contributed by atoms with Gasteiger partial charge in [0.25, 0.3) is 0 Å². The number of hydrogen-bond donors (Lipinski definition) is 2. The van der Waals surface area contributed by atoms with Crippen LogP contribution in [-0.2, 0) is 25.7 Å². The van der Waals surface area contributed by atoms with Gasteiger partial charge in [-0.1, -0.05) is 36.4 Å². The largest absolute Gasteiger partial charge is 0.345 e. The number of imidazole rings is 2. The molecule has 6 aromatic rings. The minimum absolute atomic E-state index is 0.827. The van der Waals surface area contributed by atoms with E-state index in [0.717, 1.165) is 93.3 Å². The monoisotopic (exact) mass is 544 g/mol. The van der Waals surface area contributed by atoms with E-state index in [-0.39, 0.29) is 0 Å². The van der Waals surface area contributed by atoms with E-state index in [2.05, 4.69) is 68.5 Å². The van der Waals surface area contributed by atoms with Crippen molar-refractivity contribution in [3.8, 4) is 0 Å². The molecule has 6 heterocycles. The van der Waals surface area contributed by atoms with Gasteiger partial charge in [0.05, 0.1) is 80.3 Å². The Morgan fingerprint density at radius 3 is 1.29 bits per heavy atom. The standard InChI is InChI=1S/C18H12N6.C16H12N2/c1-9-3-17(23-11(9)5-15-13(1)19-7-21-15)18-4-10-2-14-16(22-8-20-14)6-12(10)24-18;1-3-7-13-11(5-1)9-15(17-13)16-10-12-6-2-4-8-14(12)18-16/h1-2,5-8H,3-4H2,(H,19,21)(H,20,22);1-8H,9-10H2. The van der Waals surface area contributed by atoms with Crippen LogP contribution in [0.3, 0.4) is 0 Å². The average Bonchev–Trinajstić information content (AvgIpc) is 3.84. The second-order valence-electron chi connectivity index (χ2n) is 11.0. The third-order valence-corrected chi connectivity index (χ3v) is 8.34. The van der Waals surface area contributed by atoms with Gasteiger partial charge < -0.3 is 9.97 Å². The first-order valence-electron chi connectivity index (χ1n) is 14.1. The van der Waals surface area contributed by atoms with E-state index in [9.17, 15) is 0 Å². The number of rotatable bonds is 2. The van der Waals surface area contributed by atoms with Crippen LogP contribution in [0, 0.1) is 0 Å². The van der Waals surface area contributed by atoms with Crippen LogP contribution in [-0.4, -0.2) is 42.8 Å². The Bertz CT molecular complexity index is 2050. The zero-order valence-electron chi connectivity index (χ0n) is 22.6. The van der Waals surface area contributed by atoms with E-state index in [0.29, 0.717) is 0 Å². The molecule has 0 amide bonds. The highest BCUT2D eigenvalue weighted by atomic mass is 14.9. The number of aromatic amines is 2. The van der Waals surface area contributed by atoms with E-state index in [1.165, 1.54) is 22.3 Å². The Morgan fingerprint density at radius 2 is 0.833 bits per heavy atom. The first kappa shape index (κ1) is 23.2. The maximum absolute atomic E-state index is 4.81. The van der Waals surface area contributed by atoms with Gasteiger partial charge in [-0.3, -0.25) is 20.0 Å². The molecule has 0 unspecified atom stereocenters. The highest BCUT2D eigenvalue weighted by molar-refractivity contribution is 6.46. The van der Waals surface area contributed by atoms with Gasteiger partial charge in [-0.05, 0) is 58.7 Å². The Labute approximate surface area is 240 Å². The van der Waals surface area contributed by atoms with E-state index < -0.39 is 0 Å².